The summed E-state index contributed by atoms with van der Waals surface area (Å²) >= 11 is 0. The number of nitrogens with zero attached hydrogens (tertiary/aromatic N) is 1. The van der Waals surface area contributed by atoms with Crippen LogP contribution in [0, 0.1) is 11.7 Å². The van der Waals surface area contributed by atoms with E-state index in [4.69, 9.17) is 10.5 Å². The number of nitrogens with one attached hydrogen (secondary N) is 1. The van der Waals surface area contributed by atoms with Crippen molar-refractivity contribution in [3.63, 3.8) is 0 Å². The number of amides is 2. The summed E-state index contributed by atoms with van der Waals surface area (Å²) in [6.07, 6.45) is 2.51. The molecule has 1 unspecified atom stereocenters. The van der Waals surface area contributed by atoms with E-state index in [9.17, 15) is 14.0 Å². The maximum Gasteiger partial charge on any atom is 0.254 e. The molecule has 1 fully saturated rings. The first kappa shape index (κ1) is 21.3. The number of piperidine rings is 1. The quantitative estimate of drug-likeness (QED) is 0.676. The molecule has 1 atom stereocenters. The number of nitrogens with two attached hydrogens (primary N) is 1. The second-order valence-corrected chi connectivity index (χ2v) is 7.21. The summed E-state index contributed by atoms with van der Waals surface area (Å²) in [6.45, 7) is 6.16. The van der Waals surface area contributed by atoms with Crippen LogP contribution in [0.1, 0.15) is 43.5 Å². The lowest BCUT2D eigenvalue weighted by molar-refractivity contribution is -0.137. The van der Waals surface area contributed by atoms with E-state index in [-0.39, 0.29) is 23.5 Å². The van der Waals surface area contributed by atoms with E-state index < -0.39 is 17.8 Å². The van der Waals surface area contributed by atoms with E-state index in [1.54, 1.807) is 11.0 Å². The molecule has 1 aliphatic rings. The van der Waals surface area contributed by atoms with Crippen LogP contribution in [-0.2, 0) is 9.53 Å². The maximum atomic E-state index is 13.8. The number of carbonyl (C=O) groups is 2. The van der Waals surface area contributed by atoms with Gasteiger partial charge in [0.2, 0.25) is 5.91 Å². The van der Waals surface area contributed by atoms with Gasteiger partial charge in [-0.3, -0.25) is 9.59 Å². The molecule has 2 rings (SSSR count). The van der Waals surface area contributed by atoms with Crippen LogP contribution in [0.4, 0.5) is 4.39 Å². The lowest BCUT2D eigenvalue weighted by Crippen LogP contribution is -2.53. The van der Waals surface area contributed by atoms with Crippen molar-refractivity contribution < 1.29 is 18.7 Å². The minimum Gasteiger partial charge on any atom is -0.378 e. The highest BCUT2D eigenvalue weighted by Crippen LogP contribution is 2.17. The summed E-state index contributed by atoms with van der Waals surface area (Å²) in [4.78, 5) is 27.1. The molecule has 6 nitrogen and oxygen atoms in total. The smallest absolute Gasteiger partial charge is 0.254 e. The highest BCUT2D eigenvalue weighted by molar-refractivity contribution is 5.97. The Bertz CT molecular complexity index is 631. The molecule has 3 N–H and O–H groups in total. The molecule has 1 aliphatic heterocycles. The topological polar surface area (TPSA) is 84.7 Å². The number of halogens is 1. The molecule has 0 aliphatic carbocycles. The van der Waals surface area contributed by atoms with Gasteiger partial charge >= 0.3 is 0 Å². The number of hydrogen-bond acceptors (Lipinski definition) is 4. The van der Waals surface area contributed by atoms with E-state index in [1.807, 2.05) is 13.8 Å². The largest absolute Gasteiger partial charge is 0.378 e. The first-order chi connectivity index (χ1) is 12.9. The number of hydrogen-bond donors (Lipinski definition) is 2. The molecule has 150 valence electrons. The van der Waals surface area contributed by atoms with Crippen molar-refractivity contribution >= 4 is 11.8 Å². The molecular weight excluding hydrogens is 349 g/mol. The van der Waals surface area contributed by atoms with E-state index in [0.717, 1.165) is 19.3 Å². The van der Waals surface area contributed by atoms with E-state index in [0.29, 0.717) is 26.2 Å². The zero-order valence-electron chi connectivity index (χ0n) is 16.1. The van der Waals surface area contributed by atoms with Crippen molar-refractivity contribution in [3.05, 3.63) is 35.6 Å². The fourth-order valence-corrected chi connectivity index (χ4v) is 3.15. The van der Waals surface area contributed by atoms with Gasteiger partial charge in [0.05, 0.1) is 11.7 Å². The summed E-state index contributed by atoms with van der Waals surface area (Å²) in [7, 11) is 0. The van der Waals surface area contributed by atoms with Crippen LogP contribution in [0.5, 0.6) is 0 Å². The Balaban J connectivity index is 1.94. The highest BCUT2D eigenvalue weighted by Gasteiger charge is 2.32. The van der Waals surface area contributed by atoms with Gasteiger partial charge in [-0.1, -0.05) is 26.0 Å². The summed E-state index contributed by atoms with van der Waals surface area (Å²) < 4.78 is 19.6. The fraction of sp³-hybridized carbons (Fsp3) is 0.600. The first-order valence-electron chi connectivity index (χ1n) is 9.60. The summed E-state index contributed by atoms with van der Waals surface area (Å²) in [5.74, 6) is -1.40. The number of benzene rings is 1. The molecular formula is C20H30FN3O3. The second kappa shape index (κ2) is 10.4. The minimum absolute atomic E-state index is 0.0528. The van der Waals surface area contributed by atoms with Gasteiger partial charge in [0.15, 0.2) is 0 Å². The third-order valence-corrected chi connectivity index (χ3v) is 4.79. The SMILES string of the molecule is CC(C)C(NC(=O)c1ccccc1F)C(=O)N1CCC(OCCCN)CC1. The van der Waals surface area contributed by atoms with Crippen LogP contribution in [0.3, 0.4) is 0 Å². The predicted octanol–water partition coefficient (Wildman–Crippen LogP) is 1.94. The average molecular weight is 379 g/mol. The number of likely N-dealkylation sites (tertiary alicyclic amines) is 1. The van der Waals surface area contributed by atoms with Crippen LogP contribution in [0.25, 0.3) is 0 Å². The second-order valence-electron chi connectivity index (χ2n) is 7.21. The molecule has 0 saturated carbocycles. The van der Waals surface area contributed by atoms with Crippen molar-refractivity contribution in [1.29, 1.82) is 0 Å². The minimum atomic E-state index is -0.688. The zero-order valence-corrected chi connectivity index (χ0v) is 16.1. The Hall–Kier alpha value is -1.99. The molecule has 2 amide bonds. The van der Waals surface area contributed by atoms with Gasteiger partial charge in [-0.25, -0.2) is 4.39 Å². The Labute approximate surface area is 160 Å². The molecule has 27 heavy (non-hydrogen) atoms. The van der Waals surface area contributed by atoms with E-state index in [1.165, 1.54) is 18.2 Å². The van der Waals surface area contributed by atoms with Gasteiger partial charge in [-0.15, -0.1) is 0 Å². The molecule has 7 heteroatoms. The maximum absolute atomic E-state index is 13.8. The lowest BCUT2D eigenvalue weighted by Gasteiger charge is -2.35. The van der Waals surface area contributed by atoms with Gasteiger partial charge < -0.3 is 20.7 Å². The van der Waals surface area contributed by atoms with E-state index >= 15 is 0 Å². The molecule has 0 spiro atoms. The standard InChI is InChI=1S/C20H30FN3O3/c1-14(2)18(23-19(25)16-6-3-4-7-17(16)21)20(26)24-11-8-15(9-12-24)27-13-5-10-22/h3-4,6-7,14-15,18H,5,8-13,22H2,1-2H3,(H,23,25). The van der Waals surface area contributed by atoms with Crippen molar-refractivity contribution in [2.75, 3.05) is 26.2 Å². The van der Waals surface area contributed by atoms with Gasteiger partial charge in [-0.05, 0) is 43.9 Å². The van der Waals surface area contributed by atoms with Crippen LogP contribution in [-0.4, -0.2) is 55.1 Å². The highest BCUT2D eigenvalue weighted by atomic mass is 19.1. The molecule has 1 aromatic rings. The lowest BCUT2D eigenvalue weighted by atomic mass is 9.99. The fourth-order valence-electron chi connectivity index (χ4n) is 3.15. The van der Waals surface area contributed by atoms with Crippen LogP contribution < -0.4 is 11.1 Å². The summed E-state index contributed by atoms with van der Waals surface area (Å²) in [5.41, 5.74) is 5.41. The van der Waals surface area contributed by atoms with Crippen molar-refractivity contribution in [2.45, 2.75) is 45.3 Å². The molecule has 0 aromatic heterocycles. The molecule has 1 aromatic carbocycles. The molecule has 0 bridgehead atoms. The van der Waals surface area contributed by atoms with Crippen molar-refractivity contribution in [1.82, 2.24) is 10.2 Å². The molecule has 1 saturated heterocycles. The molecule has 0 radical (unpaired) electrons. The van der Waals surface area contributed by atoms with Crippen LogP contribution in [0.2, 0.25) is 0 Å². The molecule has 1 heterocycles. The van der Waals surface area contributed by atoms with Crippen molar-refractivity contribution in [3.8, 4) is 0 Å². The Morgan fingerprint density at radius 2 is 1.96 bits per heavy atom. The van der Waals surface area contributed by atoms with Crippen LogP contribution in [0.15, 0.2) is 24.3 Å². The Morgan fingerprint density at radius 1 is 1.30 bits per heavy atom. The third-order valence-electron chi connectivity index (χ3n) is 4.79. The first-order valence-corrected chi connectivity index (χ1v) is 9.60. The number of carbonyl (C=O) groups excluding carboxylic acids is 2. The number of rotatable bonds is 8. The van der Waals surface area contributed by atoms with Gasteiger partial charge in [0.25, 0.3) is 5.91 Å². The average Bonchev–Trinajstić information content (AvgIpc) is 2.66. The van der Waals surface area contributed by atoms with Crippen molar-refractivity contribution in [2.24, 2.45) is 11.7 Å². The van der Waals surface area contributed by atoms with E-state index in [2.05, 4.69) is 5.32 Å². The Kier molecular flexibility index (Phi) is 8.19. The number of ether oxygens (including phenoxy) is 1. The summed E-state index contributed by atoms with van der Waals surface area (Å²) in [6, 6.07) is 5.08. The van der Waals surface area contributed by atoms with Gasteiger partial charge in [0.1, 0.15) is 11.9 Å². The zero-order chi connectivity index (χ0) is 19.8. The van der Waals surface area contributed by atoms with Gasteiger partial charge in [-0.2, -0.15) is 0 Å². The monoisotopic (exact) mass is 379 g/mol. The predicted molar refractivity (Wildman–Crippen MR) is 102 cm³/mol. The summed E-state index contributed by atoms with van der Waals surface area (Å²) in [5, 5.41) is 2.71. The third kappa shape index (κ3) is 6.01. The van der Waals surface area contributed by atoms with Crippen LogP contribution >= 0.6 is 0 Å². The normalized spacial score (nSPS) is 16.4. The van der Waals surface area contributed by atoms with Gasteiger partial charge in [0, 0.05) is 19.7 Å². The Morgan fingerprint density at radius 3 is 2.56 bits per heavy atom.